The zero-order chi connectivity index (χ0) is 18.1. The largest absolute Gasteiger partial charge is 0.476 e. The number of hydrogen-bond donors (Lipinski definition) is 1. The van der Waals surface area contributed by atoms with E-state index in [4.69, 9.17) is 15.0 Å². The number of hydrogen-bond acceptors (Lipinski definition) is 5. The van der Waals surface area contributed by atoms with Crippen molar-refractivity contribution in [2.24, 2.45) is 5.11 Å². The third kappa shape index (κ3) is 2.68. The third-order valence-corrected chi connectivity index (χ3v) is 3.85. The summed E-state index contributed by atoms with van der Waals surface area (Å²) < 4.78 is 12.2. The van der Waals surface area contributed by atoms with Gasteiger partial charge < -0.3 is 14.6 Å². The van der Waals surface area contributed by atoms with E-state index in [0.717, 1.165) is 5.56 Å². The fourth-order valence-corrected chi connectivity index (χ4v) is 2.66. The standard InChI is InChI=1S/C17H11N5O4/c18-21-19-11-2-4-12(5-3-11)22-14(8-13(20-22)17(23)24)10-1-6-15-16(7-10)26-9-25-15/h1-8H,9H2,(H,23,24). The number of carbonyl (C=O) groups is 1. The molecule has 1 N–H and O–H groups in total. The van der Waals surface area contributed by atoms with Gasteiger partial charge in [-0.05, 0) is 41.9 Å². The van der Waals surface area contributed by atoms with Gasteiger partial charge in [0.15, 0.2) is 17.2 Å². The van der Waals surface area contributed by atoms with Crippen LogP contribution in [0.5, 0.6) is 11.5 Å². The van der Waals surface area contributed by atoms with E-state index in [2.05, 4.69) is 15.1 Å². The van der Waals surface area contributed by atoms with Crippen LogP contribution in [0.4, 0.5) is 5.69 Å². The maximum Gasteiger partial charge on any atom is 0.356 e. The van der Waals surface area contributed by atoms with E-state index in [1.807, 2.05) is 0 Å². The average Bonchev–Trinajstić information content (AvgIpc) is 3.29. The summed E-state index contributed by atoms with van der Waals surface area (Å²) >= 11 is 0. The van der Waals surface area contributed by atoms with Gasteiger partial charge in [-0.15, -0.1) is 0 Å². The number of rotatable bonds is 4. The van der Waals surface area contributed by atoms with Gasteiger partial charge in [-0.25, -0.2) is 9.48 Å². The van der Waals surface area contributed by atoms with E-state index >= 15 is 0 Å². The molecule has 3 aromatic rings. The van der Waals surface area contributed by atoms with Crippen molar-refractivity contribution in [2.75, 3.05) is 6.79 Å². The lowest BCUT2D eigenvalue weighted by atomic mass is 10.1. The molecule has 128 valence electrons. The maximum atomic E-state index is 11.4. The minimum Gasteiger partial charge on any atom is -0.476 e. The first-order chi connectivity index (χ1) is 12.7. The number of carboxylic acid groups (broad SMARTS) is 1. The summed E-state index contributed by atoms with van der Waals surface area (Å²) in [5.41, 5.74) is 10.8. The summed E-state index contributed by atoms with van der Waals surface area (Å²) in [4.78, 5) is 14.1. The first-order valence-corrected chi connectivity index (χ1v) is 7.54. The molecule has 0 saturated carbocycles. The van der Waals surface area contributed by atoms with Crippen molar-refractivity contribution in [3.63, 3.8) is 0 Å². The highest BCUT2D eigenvalue weighted by Crippen LogP contribution is 2.36. The Morgan fingerprint density at radius 2 is 1.92 bits per heavy atom. The van der Waals surface area contributed by atoms with Crippen LogP contribution in [0.25, 0.3) is 27.4 Å². The minimum absolute atomic E-state index is 0.0863. The molecule has 9 nitrogen and oxygen atoms in total. The van der Waals surface area contributed by atoms with Crippen LogP contribution in [0.3, 0.4) is 0 Å². The normalized spacial score (nSPS) is 11.8. The van der Waals surface area contributed by atoms with Crippen LogP contribution >= 0.6 is 0 Å². The molecule has 0 amide bonds. The summed E-state index contributed by atoms with van der Waals surface area (Å²) in [5.74, 6) is 0.0965. The van der Waals surface area contributed by atoms with Crippen molar-refractivity contribution in [3.05, 3.63) is 64.7 Å². The Balaban J connectivity index is 1.83. The van der Waals surface area contributed by atoms with E-state index in [9.17, 15) is 9.90 Å². The Bertz CT molecular complexity index is 1050. The van der Waals surface area contributed by atoms with Crippen LogP contribution in [-0.2, 0) is 0 Å². The van der Waals surface area contributed by atoms with Gasteiger partial charge in [0.2, 0.25) is 6.79 Å². The summed E-state index contributed by atoms with van der Waals surface area (Å²) in [6.07, 6.45) is 0. The highest BCUT2D eigenvalue weighted by Gasteiger charge is 2.19. The van der Waals surface area contributed by atoms with E-state index in [-0.39, 0.29) is 12.5 Å². The molecule has 9 heteroatoms. The highest BCUT2D eigenvalue weighted by molar-refractivity contribution is 5.87. The Labute approximate surface area is 146 Å². The summed E-state index contributed by atoms with van der Waals surface area (Å²) in [6.45, 7) is 0.152. The van der Waals surface area contributed by atoms with Gasteiger partial charge in [0.1, 0.15) is 0 Å². The van der Waals surface area contributed by atoms with Crippen LogP contribution < -0.4 is 9.47 Å². The van der Waals surface area contributed by atoms with Crippen molar-refractivity contribution in [3.8, 4) is 28.4 Å². The first kappa shape index (κ1) is 15.6. The molecular formula is C17H11N5O4. The number of fused-ring (bicyclic) bond motifs is 1. The molecule has 1 aromatic heterocycles. The quantitative estimate of drug-likeness (QED) is 0.434. The number of nitrogens with zero attached hydrogens (tertiary/aromatic N) is 5. The highest BCUT2D eigenvalue weighted by atomic mass is 16.7. The Morgan fingerprint density at radius 1 is 1.15 bits per heavy atom. The lowest BCUT2D eigenvalue weighted by Gasteiger charge is -2.08. The van der Waals surface area contributed by atoms with Gasteiger partial charge in [-0.1, -0.05) is 17.2 Å². The lowest BCUT2D eigenvalue weighted by Crippen LogP contribution is -2.02. The zero-order valence-electron chi connectivity index (χ0n) is 13.2. The molecule has 1 aliphatic rings. The molecule has 2 heterocycles. The second kappa shape index (κ2) is 6.15. The number of ether oxygens (including phenoxy) is 2. The van der Waals surface area contributed by atoms with E-state index in [1.54, 1.807) is 42.5 Å². The van der Waals surface area contributed by atoms with Gasteiger partial charge in [-0.3, -0.25) is 0 Å². The molecule has 0 fully saturated rings. The predicted molar refractivity (Wildman–Crippen MR) is 90.9 cm³/mol. The van der Waals surface area contributed by atoms with Crippen molar-refractivity contribution in [1.29, 1.82) is 0 Å². The molecule has 4 rings (SSSR count). The van der Waals surface area contributed by atoms with Gasteiger partial charge in [-0.2, -0.15) is 5.10 Å². The molecule has 0 radical (unpaired) electrons. The second-order valence-electron chi connectivity index (χ2n) is 5.41. The number of carboxylic acids is 1. The molecule has 0 saturated heterocycles. The molecule has 0 atom stereocenters. The number of benzene rings is 2. The SMILES string of the molecule is [N-]=[N+]=Nc1ccc(-n2nc(C(=O)O)cc2-c2ccc3c(c2)OCO3)cc1. The molecule has 0 unspecified atom stereocenters. The van der Waals surface area contributed by atoms with Crippen LogP contribution in [0, 0.1) is 0 Å². The molecule has 0 spiro atoms. The smallest absolute Gasteiger partial charge is 0.356 e. The maximum absolute atomic E-state index is 11.4. The molecule has 0 bridgehead atoms. The average molecular weight is 349 g/mol. The fourth-order valence-electron chi connectivity index (χ4n) is 2.66. The van der Waals surface area contributed by atoms with Gasteiger partial charge in [0, 0.05) is 16.2 Å². The van der Waals surface area contributed by atoms with Crippen LogP contribution in [0.1, 0.15) is 10.5 Å². The van der Waals surface area contributed by atoms with E-state index < -0.39 is 5.97 Å². The number of azide groups is 1. The summed E-state index contributed by atoms with van der Waals surface area (Å²) in [5, 5.41) is 17.0. The van der Waals surface area contributed by atoms with E-state index in [1.165, 1.54) is 10.7 Å². The molecule has 2 aromatic carbocycles. The van der Waals surface area contributed by atoms with Crippen molar-refractivity contribution in [2.45, 2.75) is 0 Å². The van der Waals surface area contributed by atoms with E-state index in [0.29, 0.717) is 28.6 Å². The second-order valence-corrected chi connectivity index (χ2v) is 5.41. The van der Waals surface area contributed by atoms with Gasteiger partial charge in [0.25, 0.3) is 0 Å². The van der Waals surface area contributed by atoms with Crippen molar-refractivity contribution < 1.29 is 19.4 Å². The topological polar surface area (TPSA) is 122 Å². The van der Waals surface area contributed by atoms with Gasteiger partial charge in [0.05, 0.1) is 11.4 Å². The van der Waals surface area contributed by atoms with Gasteiger partial charge >= 0.3 is 5.97 Å². The Hall–Kier alpha value is -3.97. The monoisotopic (exact) mass is 349 g/mol. The zero-order valence-corrected chi connectivity index (χ0v) is 13.2. The van der Waals surface area contributed by atoms with Crippen LogP contribution in [0.2, 0.25) is 0 Å². The van der Waals surface area contributed by atoms with Crippen molar-refractivity contribution in [1.82, 2.24) is 9.78 Å². The predicted octanol–water partition coefficient (Wildman–Crippen LogP) is 3.91. The van der Waals surface area contributed by atoms with Crippen molar-refractivity contribution >= 4 is 11.7 Å². The number of aromatic nitrogens is 2. The van der Waals surface area contributed by atoms with Crippen LogP contribution in [-0.4, -0.2) is 27.6 Å². The summed E-state index contributed by atoms with van der Waals surface area (Å²) in [7, 11) is 0. The number of aromatic carboxylic acids is 1. The minimum atomic E-state index is -1.13. The Kier molecular flexibility index (Phi) is 3.68. The molecule has 0 aliphatic carbocycles. The Morgan fingerprint density at radius 3 is 2.65 bits per heavy atom. The fraction of sp³-hybridized carbons (Fsp3) is 0.0588. The molecule has 26 heavy (non-hydrogen) atoms. The third-order valence-electron chi connectivity index (χ3n) is 3.85. The lowest BCUT2D eigenvalue weighted by molar-refractivity contribution is 0.0690. The van der Waals surface area contributed by atoms with Crippen LogP contribution in [0.15, 0.2) is 53.6 Å². The first-order valence-electron chi connectivity index (χ1n) is 7.54. The molecule has 1 aliphatic heterocycles. The molecular weight excluding hydrogens is 338 g/mol. The summed E-state index contributed by atoms with van der Waals surface area (Å²) in [6, 6.07) is 13.5.